The Morgan fingerprint density at radius 3 is 1.89 bits per heavy atom. The van der Waals surface area contributed by atoms with E-state index in [2.05, 4.69) is 12.2 Å². The highest BCUT2D eigenvalue weighted by atomic mass is 19.3. The molecule has 0 spiro atoms. The molecule has 1 nitrogen and oxygen atoms in total. The molecule has 0 amide bonds. The predicted molar refractivity (Wildman–Crippen MR) is 77.8 cm³/mol. The molecule has 0 aliphatic heterocycles. The first-order valence-electron chi connectivity index (χ1n) is 6.59. The van der Waals surface area contributed by atoms with Crippen molar-refractivity contribution in [1.29, 1.82) is 0 Å². The molecular weight excluding hydrogens is 251 g/mol. The minimum Gasteiger partial charge on any atom is -0.386 e. The Balaban J connectivity index is 0. The molecule has 0 aliphatic carbocycles. The van der Waals surface area contributed by atoms with E-state index in [1.54, 1.807) is 7.05 Å². The van der Waals surface area contributed by atoms with Gasteiger partial charge in [-0.3, -0.25) is 0 Å². The zero-order valence-corrected chi connectivity index (χ0v) is 13.0. The number of benzene rings is 1. The lowest BCUT2D eigenvalue weighted by Crippen LogP contribution is -2.00. The Morgan fingerprint density at radius 1 is 1.16 bits per heavy atom. The summed E-state index contributed by atoms with van der Waals surface area (Å²) in [5.41, 5.74) is 3.63. The number of aryl methyl sites for hydroxylation is 1. The van der Waals surface area contributed by atoms with Gasteiger partial charge in [-0.2, -0.15) is 0 Å². The van der Waals surface area contributed by atoms with Gasteiger partial charge in [0.15, 0.2) is 0 Å². The molecular formula is C15H26F3N. The van der Waals surface area contributed by atoms with E-state index in [4.69, 9.17) is 0 Å². The summed E-state index contributed by atoms with van der Waals surface area (Å²) >= 11 is 0. The van der Waals surface area contributed by atoms with Gasteiger partial charge >= 0.3 is 0 Å². The van der Waals surface area contributed by atoms with Crippen molar-refractivity contribution in [3.8, 4) is 0 Å². The zero-order valence-electron chi connectivity index (χ0n) is 13.0. The van der Waals surface area contributed by atoms with E-state index in [-0.39, 0.29) is 5.82 Å². The van der Waals surface area contributed by atoms with Gasteiger partial charge in [-0.05, 0) is 49.9 Å². The third-order valence-corrected chi connectivity index (χ3v) is 2.58. The van der Waals surface area contributed by atoms with Gasteiger partial charge in [0.1, 0.15) is 5.82 Å². The molecule has 1 aromatic rings. The van der Waals surface area contributed by atoms with E-state index in [9.17, 15) is 13.2 Å². The summed E-state index contributed by atoms with van der Waals surface area (Å²) in [6, 6.07) is 1.89. The molecule has 0 saturated heterocycles. The van der Waals surface area contributed by atoms with Crippen LogP contribution in [-0.4, -0.2) is 13.5 Å². The smallest absolute Gasteiger partial charge is 0.235 e. The molecule has 0 heterocycles. The van der Waals surface area contributed by atoms with Crippen LogP contribution >= 0.6 is 0 Å². The number of halogens is 3. The molecule has 0 saturated carbocycles. The predicted octanol–water partition coefficient (Wildman–Crippen LogP) is 5.34. The number of alkyl halides is 2. The van der Waals surface area contributed by atoms with Crippen LogP contribution in [0.4, 0.5) is 18.9 Å². The highest BCUT2D eigenvalue weighted by molar-refractivity contribution is 5.53. The summed E-state index contributed by atoms with van der Waals surface area (Å²) in [6.07, 6.45) is -1.22. The van der Waals surface area contributed by atoms with Gasteiger partial charge in [-0.15, -0.1) is 0 Å². The molecule has 0 aliphatic rings. The quantitative estimate of drug-likeness (QED) is 0.769. The van der Waals surface area contributed by atoms with Gasteiger partial charge < -0.3 is 5.32 Å². The van der Waals surface area contributed by atoms with Crippen molar-refractivity contribution in [3.05, 3.63) is 28.6 Å². The second-order valence-electron chi connectivity index (χ2n) is 3.77. The lowest BCUT2D eigenvalue weighted by molar-refractivity contribution is 0.171. The molecule has 112 valence electrons. The fourth-order valence-electron chi connectivity index (χ4n) is 1.50. The number of nitrogens with one attached hydrogen (secondary N) is 1. The second-order valence-corrected chi connectivity index (χ2v) is 3.77. The Labute approximate surface area is 115 Å². The van der Waals surface area contributed by atoms with Gasteiger partial charge in [0.25, 0.3) is 0 Å². The van der Waals surface area contributed by atoms with Crippen molar-refractivity contribution in [1.82, 2.24) is 0 Å². The van der Waals surface area contributed by atoms with Crippen LogP contribution in [0.2, 0.25) is 0 Å². The third-order valence-electron chi connectivity index (χ3n) is 2.58. The maximum absolute atomic E-state index is 13.5. The first-order valence-corrected chi connectivity index (χ1v) is 6.59. The van der Waals surface area contributed by atoms with Crippen LogP contribution in [0.25, 0.3) is 0 Å². The normalized spacial score (nSPS) is 9.21. The Hall–Kier alpha value is -1.19. The van der Waals surface area contributed by atoms with Crippen LogP contribution in [0.3, 0.4) is 0 Å². The average Bonchev–Trinajstić information content (AvgIpc) is 2.38. The summed E-state index contributed by atoms with van der Waals surface area (Å²) in [5, 5.41) is 2.86. The molecule has 19 heavy (non-hydrogen) atoms. The monoisotopic (exact) mass is 277 g/mol. The molecule has 1 aromatic carbocycles. The van der Waals surface area contributed by atoms with Gasteiger partial charge in [0, 0.05) is 7.05 Å². The molecule has 0 radical (unpaired) electrons. The van der Waals surface area contributed by atoms with Crippen molar-refractivity contribution in [3.63, 3.8) is 0 Å². The van der Waals surface area contributed by atoms with Crippen molar-refractivity contribution in [2.45, 2.75) is 54.4 Å². The van der Waals surface area contributed by atoms with Crippen LogP contribution in [0, 0.1) is 19.7 Å². The van der Waals surface area contributed by atoms with E-state index in [0.717, 1.165) is 24.5 Å². The van der Waals surface area contributed by atoms with E-state index in [1.807, 2.05) is 33.8 Å². The number of rotatable bonds is 2. The fraction of sp³-hybridized carbons (Fsp3) is 0.600. The summed E-state index contributed by atoms with van der Waals surface area (Å²) < 4.78 is 34.2. The van der Waals surface area contributed by atoms with Gasteiger partial charge in [-0.25, -0.2) is 13.2 Å². The van der Waals surface area contributed by atoms with Crippen molar-refractivity contribution in [2.75, 3.05) is 12.4 Å². The van der Waals surface area contributed by atoms with Crippen molar-refractivity contribution in [2.24, 2.45) is 0 Å². The molecule has 1 rings (SSSR count). The number of hydrogen-bond donors (Lipinski definition) is 1. The number of anilines is 1. The van der Waals surface area contributed by atoms with Crippen LogP contribution < -0.4 is 5.32 Å². The first-order chi connectivity index (χ1) is 8.84. The number of hydrogen-bond acceptors (Lipinski definition) is 1. The Bertz CT molecular complexity index is 332. The molecule has 4 heteroatoms. The van der Waals surface area contributed by atoms with E-state index in [0.29, 0.717) is 5.69 Å². The van der Waals surface area contributed by atoms with E-state index >= 15 is 0 Å². The van der Waals surface area contributed by atoms with Crippen molar-refractivity contribution < 1.29 is 13.2 Å². The van der Waals surface area contributed by atoms with E-state index < -0.39 is 6.43 Å². The summed E-state index contributed by atoms with van der Waals surface area (Å²) in [6.45, 7) is 10.7. The topological polar surface area (TPSA) is 12.0 Å². The molecule has 0 unspecified atom stereocenters. The highest BCUT2D eigenvalue weighted by Crippen LogP contribution is 2.24. The van der Waals surface area contributed by atoms with Crippen LogP contribution in [0.15, 0.2) is 6.07 Å². The third kappa shape index (κ3) is 7.09. The zero-order chi connectivity index (χ0) is 15.6. The standard InChI is InChI=1S/C11H16FN.C2H4F2.C2H6/c1-5-9-6-10(13-4)11(12)8(3)7(9)2;1-2(3)4;1-2/h6,13H,5H2,1-4H3;2H,1H3;1-2H3. The Kier molecular flexibility index (Phi) is 11.3. The van der Waals surface area contributed by atoms with Gasteiger partial charge in [-0.1, -0.05) is 20.8 Å². The lowest BCUT2D eigenvalue weighted by atomic mass is 10.00. The van der Waals surface area contributed by atoms with Crippen LogP contribution in [0.5, 0.6) is 0 Å². The SMILES string of the molecule is CC.CC(F)F.CCc1cc(NC)c(F)c(C)c1C. The fourth-order valence-corrected chi connectivity index (χ4v) is 1.50. The molecule has 0 aromatic heterocycles. The largest absolute Gasteiger partial charge is 0.386 e. The molecule has 0 fully saturated rings. The summed E-state index contributed by atoms with van der Waals surface area (Å²) in [4.78, 5) is 0. The first kappa shape index (κ1) is 20.1. The summed E-state index contributed by atoms with van der Waals surface area (Å²) in [7, 11) is 1.74. The van der Waals surface area contributed by atoms with E-state index in [1.165, 1.54) is 5.56 Å². The molecule has 0 bridgehead atoms. The highest BCUT2D eigenvalue weighted by Gasteiger charge is 2.09. The van der Waals surface area contributed by atoms with Crippen molar-refractivity contribution >= 4 is 5.69 Å². The van der Waals surface area contributed by atoms with Crippen LogP contribution in [0.1, 0.15) is 44.4 Å². The molecule has 1 N–H and O–H groups in total. The minimum absolute atomic E-state index is 0.128. The van der Waals surface area contributed by atoms with Gasteiger partial charge in [0.2, 0.25) is 6.43 Å². The Morgan fingerprint density at radius 2 is 1.58 bits per heavy atom. The van der Waals surface area contributed by atoms with Crippen LogP contribution in [-0.2, 0) is 6.42 Å². The maximum Gasteiger partial charge on any atom is 0.235 e. The minimum atomic E-state index is -2.17. The summed E-state index contributed by atoms with van der Waals surface area (Å²) in [5.74, 6) is -0.128. The van der Waals surface area contributed by atoms with Gasteiger partial charge in [0.05, 0.1) is 5.69 Å². The lowest BCUT2D eigenvalue weighted by Gasteiger charge is -2.12. The average molecular weight is 277 g/mol. The maximum atomic E-state index is 13.5. The second kappa shape index (κ2) is 10.7. The molecule has 0 atom stereocenters.